The van der Waals surface area contributed by atoms with Crippen molar-refractivity contribution in [1.29, 1.82) is 0 Å². The van der Waals surface area contributed by atoms with Crippen molar-refractivity contribution in [3.63, 3.8) is 0 Å². The first kappa shape index (κ1) is 10.8. The number of anilines is 1. The van der Waals surface area contributed by atoms with Crippen LogP contribution in [0.15, 0.2) is 35.0 Å². The highest BCUT2D eigenvalue weighted by Crippen LogP contribution is 2.15. The molecule has 2 rings (SSSR count). The molecule has 0 fully saturated rings. The maximum absolute atomic E-state index is 13.0. The largest absolute Gasteiger partial charge is 0.321 e. The average Bonchev–Trinajstić information content (AvgIpc) is 2.74. The lowest BCUT2D eigenvalue weighted by atomic mass is 10.1. The minimum atomic E-state index is -0.299. The van der Waals surface area contributed by atoms with Gasteiger partial charge < -0.3 is 5.32 Å². The SMILES string of the molecule is Cc1cc(C(=O)Nc2ccsc2)ccc1F. The van der Waals surface area contributed by atoms with Gasteiger partial charge in [-0.15, -0.1) is 0 Å². The summed E-state index contributed by atoms with van der Waals surface area (Å²) in [6.45, 7) is 1.64. The molecular formula is C12H10FNOS. The zero-order chi connectivity index (χ0) is 11.5. The Hall–Kier alpha value is -1.68. The minimum Gasteiger partial charge on any atom is -0.321 e. The molecule has 0 unspecified atom stereocenters. The van der Waals surface area contributed by atoms with Crippen LogP contribution in [0.2, 0.25) is 0 Å². The van der Waals surface area contributed by atoms with Crippen molar-refractivity contribution >= 4 is 22.9 Å². The molecule has 82 valence electrons. The van der Waals surface area contributed by atoms with E-state index in [4.69, 9.17) is 0 Å². The van der Waals surface area contributed by atoms with Crippen LogP contribution in [0.5, 0.6) is 0 Å². The molecule has 1 aromatic carbocycles. The van der Waals surface area contributed by atoms with Gasteiger partial charge >= 0.3 is 0 Å². The highest BCUT2D eigenvalue weighted by atomic mass is 32.1. The Balaban J connectivity index is 2.18. The Morgan fingerprint density at radius 3 is 2.81 bits per heavy atom. The van der Waals surface area contributed by atoms with Gasteiger partial charge in [-0.1, -0.05) is 0 Å². The molecule has 1 N–H and O–H groups in total. The topological polar surface area (TPSA) is 29.1 Å². The van der Waals surface area contributed by atoms with E-state index in [9.17, 15) is 9.18 Å². The third-order valence-corrected chi connectivity index (χ3v) is 2.88. The molecular weight excluding hydrogens is 225 g/mol. The smallest absolute Gasteiger partial charge is 0.255 e. The lowest BCUT2D eigenvalue weighted by Gasteiger charge is -2.04. The number of hydrogen-bond acceptors (Lipinski definition) is 2. The van der Waals surface area contributed by atoms with Gasteiger partial charge in [0.05, 0.1) is 5.69 Å². The fourth-order valence-corrected chi connectivity index (χ4v) is 1.91. The Bertz CT molecular complexity index is 508. The van der Waals surface area contributed by atoms with Crippen molar-refractivity contribution in [2.75, 3.05) is 5.32 Å². The second-order valence-corrected chi connectivity index (χ2v) is 4.21. The fourth-order valence-electron chi connectivity index (χ4n) is 1.32. The number of carbonyl (C=O) groups excluding carboxylic acids is 1. The van der Waals surface area contributed by atoms with E-state index < -0.39 is 0 Å². The van der Waals surface area contributed by atoms with E-state index in [-0.39, 0.29) is 11.7 Å². The number of carbonyl (C=O) groups is 1. The Labute approximate surface area is 96.7 Å². The van der Waals surface area contributed by atoms with Crippen LogP contribution in [0.25, 0.3) is 0 Å². The van der Waals surface area contributed by atoms with E-state index in [0.717, 1.165) is 5.69 Å². The van der Waals surface area contributed by atoms with Gasteiger partial charge in [-0.2, -0.15) is 11.3 Å². The van der Waals surface area contributed by atoms with Crippen LogP contribution in [0.4, 0.5) is 10.1 Å². The summed E-state index contributed by atoms with van der Waals surface area (Å²) in [6, 6.07) is 6.14. The monoisotopic (exact) mass is 235 g/mol. The molecule has 0 bridgehead atoms. The predicted molar refractivity (Wildman–Crippen MR) is 63.4 cm³/mol. The highest BCUT2D eigenvalue weighted by molar-refractivity contribution is 7.08. The number of rotatable bonds is 2. The van der Waals surface area contributed by atoms with Gasteiger partial charge in [0.1, 0.15) is 5.82 Å². The molecule has 1 amide bonds. The third kappa shape index (κ3) is 2.28. The first-order chi connectivity index (χ1) is 7.66. The Morgan fingerprint density at radius 1 is 1.38 bits per heavy atom. The quantitative estimate of drug-likeness (QED) is 0.848. The molecule has 1 aromatic heterocycles. The van der Waals surface area contributed by atoms with E-state index in [1.807, 2.05) is 16.8 Å². The highest BCUT2D eigenvalue weighted by Gasteiger charge is 2.07. The number of thiophene rings is 1. The average molecular weight is 235 g/mol. The minimum absolute atomic E-state index is 0.221. The molecule has 0 aliphatic rings. The van der Waals surface area contributed by atoms with Crippen LogP contribution in [-0.2, 0) is 0 Å². The standard InChI is InChI=1S/C12H10FNOS/c1-8-6-9(2-3-11(8)13)12(15)14-10-4-5-16-7-10/h2-7H,1H3,(H,14,15). The molecule has 0 spiro atoms. The fraction of sp³-hybridized carbons (Fsp3) is 0.0833. The summed E-state index contributed by atoms with van der Waals surface area (Å²) in [5, 5.41) is 6.46. The number of aryl methyl sites for hydroxylation is 1. The second-order valence-electron chi connectivity index (χ2n) is 3.43. The van der Waals surface area contributed by atoms with Gasteiger partial charge in [0.25, 0.3) is 5.91 Å². The zero-order valence-electron chi connectivity index (χ0n) is 8.66. The number of amides is 1. The summed E-state index contributed by atoms with van der Waals surface area (Å²) < 4.78 is 13.0. The van der Waals surface area contributed by atoms with Crippen LogP contribution in [0.3, 0.4) is 0 Å². The molecule has 2 aromatic rings. The summed E-state index contributed by atoms with van der Waals surface area (Å²) in [5.74, 6) is -0.520. The molecule has 0 atom stereocenters. The van der Waals surface area contributed by atoms with E-state index >= 15 is 0 Å². The number of halogens is 1. The van der Waals surface area contributed by atoms with Crippen molar-refractivity contribution in [2.45, 2.75) is 6.92 Å². The lowest BCUT2D eigenvalue weighted by Crippen LogP contribution is -2.11. The van der Waals surface area contributed by atoms with Crippen LogP contribution in [0.1, 0.15) is 15.9 Å². The molecule has 0 saturated heterocycles. The van der Waals surface area contributed by atoms with Crippen LogP contribution in [-0.4, -0.2) is 5.91 Å². The van der Waals surface area contributed by atoms with Gasteiger partial charge in [0, 0.05) is 10.9 Å². The lowest BCUT2D eigenvalue weighted by molar-refractivity contribution is 0.102. The van der Waals surface area contributed by atoms with Crippen molar-refractivity contribution in [2.24, 2.45) is 0 Å². The van der Waals surface area contributed by atoms with Gasteiger partial charge in [0.2, 0.25) is 0 Å². The van der Waals surface area contributed by atoms with Crippen LogP contribution >= 0.6 is 11.3 Å². The molecule has 0 radical (unpaired) electrons. The van der Waals surface area contributed by atoms with E-state index in [1.165, 1.54) is 29.5 Å². The molecule has 1 heterocycles. The first-order valence-corrected chi connectivity index (χ1v) is 5.71. The molecule has 0 aliphatic heterocycles. The number of hydrogen-bond donors (Lipinski definition) is 1. The van der Waals surface area contributed by atoms with Gasteiger partial charge in [-0.05, 0) is 42.1 Å². The van der Waals surface area contributed by atoms with Gasteiger partial charge in [0.15, 0.2) is 0 Å². The van der Waals surface area contributed by atoms with E-state index in [0.29, 0.717) is 11.1 Å². The Morgan fingerprint density at radius 2 is 2.19 bits per heavy atom. The van der Waals surface area contributed by atoms with Crippen LogP contribution < -0.4 is 5.32 Å². The molecule has 0 saturated carbocycles. The molecule has 4 heteroatoms. The maximum Gasteiger partial charge on any atom is 0.255 e. The van der Waals surface area contributed by atoms with Gasteiger partial charge in [-0.25, -0.2) is 4.39 Å². The van der Waals surface area contributed by atoms with Crippen molar-refractivity contribution in [1.82, 2.24) is 0 Å². The summed E-state index contributed by atoms with van der Waals surface area (Å²) in [4.78, 5) is 11.7. The third-order valence-electron chi connectivity index (χ3n) is 2.20. The summed E-state index contributed by atoms with van der Waals surface area (Å²) in [6.07, 6.45) is 0. The predicted octanol–water partition coefficient (Wildman–Crippen LogP) is 3.45. The second kappa shape index (κ2) is 4.45. The molecule has 2 nitrogen and oxygen atoms in total. The summed E-state index contributed by atoms with van der Waals surface area (Å²) in [7, 11) is 0. The van der Waals surface area contributed by atoms with Crippen molar-refractivity contribution < 1.29 is 9.18 Å². The Kier molecular flexibility index (Phi) is 3.01. The summed E-state index contributed by atoms with van der Waals surface area (Å²) in [5.41, 5.74) is 1.69. The van der Waals surface area contributed by atoms with E-state index in [1.54, 1.807) is 6.92 Å². The van der Waals surface area contributed by atoms with E-state index in [2.05, 4.69) is 5.32 Å². The van der Waals surface area contributed by atoms with Crippen molar-refractivity contribution in [3.05, 3.63) is 52.0 Å². The van der Waals surface area contributed by atoms with Crippen LogP contribution in [0, 0.1) is 12.7 Å². The molecule has 16 heavy (non-hydrogen) atoms. The van der Waals surface area contributed by atoms with Crippen molar-refractivity contribution in [3.8, 4) is 0 Å². The number of benzene rings is 1. The maximum atomic E-state index is 13.0. The summed E-state index contributed by atoms with van der Waals surface area (Å²) >= 11 is 1.51. The van der Waals surface area contributed by atoms with Gasteiger partial charge in [-0.3, -0.25) is 4.79 Å². The molecule has 0 aliphatic carbocycles. The number of nitrogens with one attached hydrogen (secondary N) is 1. The normalized spacial score (nSPS) is 10.1. The first-order valence-electron chi connectivity index (χ1n) is 4.76. The zero-order valence-corrected chi connectivity index (χ0v) is 9.48.